The monoisotopic (exact) mass is 491 g/mol. The van der Waals surface area contributed by atoms with E-state index >= 15 is 0 Å². The lowest BCUT2D eigenvalue weighted by molar-refractivity contribution is -0.938. The highest BCUT2D eigenvalue weighted by molar-refractivity contribution is 5.97. The highest BCUT2D eigenvalue weighted by atomic mass is 19.2. The fourth-order valence-electron chi connectivity index (χ4n) is 5.48. The van der Waals surface area contributed by atoms with E-state index in [1.807, 2.05) is 60.7 Å². The molecule has 2 atom stereocenters. The maximum Gasteiger partial charge on any atom is 0.333 e. The van der Waals surface area contributed by atoms with Gasteiger partial charge in [0, 0.05) is 30.0 Å². The number of Topliss-reactive ketones (excluding diaryl/α,β-unsaturated/α-hetero) is 1. The SMILES string of the molecule is O=C(C[N+]12CCC(CC1)[C@@H](OC(=O)[C@H](Nc1ccccc1)c1ccccc1)C2)c1ccc(F)c(F)c1. The fourth-order valence-corrected chi connectivity index (χ4v) is 5.48. The second-order valence-corrected chi connectivity index (χ2v) is 9.85. The molecule has 0 spiro atoms. The number of fused-ring (bicyclic) bond motifs is 3. The molecule has 0 aliphatic carbocycles. The summed E-state index contributed by atoms with van der Waals surface area (Å²) in [5.74, 6) is -2.33. The molecular weight excluding hydrogens is 462 g/mol. The Morgan fingerprint density at radius 3 is 2.25 bits per heavy atom. The van der Waals surface area contributed by atoms with Gasteiger partial charge in [-0.1, -0.05) is 48.5 Å². The first-order chi connectivity index (χ1) is 17.4. The van der Waals surface area contributed by atoms with Gasteiger partial charge in [-0.25, -0.2) is 13.6 Å². The summed E-state index contributed by atoms with van der Waals surface area (Å²) in [7, 11) is 0. The number of hydrogen-bond acceptors (Lipinski definition) is 4. The first-order valence-corrected chi connectivity index (χ1v) is 12.3. The molecule has 3 saturated heterocycles. The molecule has 5 nitrogen and oxygen atoms in total. The molecule has 3 aliphatic heterocycles. The van der Waals surface area contributed by atoms with E-state index in [4.69, 9.17) is 4.74 Å². The van der Waals surface area contributed by atoms with Gasteiger partial charge in [0.05, 0.1) is 13.1 Å². The van der Waals surface area contributed by atoms with Crippen LogP contribution >= 0.6 is 0 Å². The van der Waals surface area contributed by atoms with Crippen molar-refractivity contribution in [3.05, 3.63) is 102 Å². The lowest BCUT2D eigenvalue weighted by Crippen LogP contribution is -2.65. The molecular formula is C29H29F2N2O3+. The van der Waals surface area contributed by atoms with Gasteiger partial charge < -0.3 is 14.5 Å². The van der Waals surface area contributed by atoms with Gasteiger partial charge in [-0.05, 0) is 35.9 Å². The zero-order chi connectivity index (χ0) is 25.1. The van der Waals surface area contributed by atoms with E-state index in [2.05, 4.69) is 5.32 Å². The summed E-state index contributed by atoms with van der Waals surface area (Å²) in [4.78, 5) is 26.4. The van der Waals surface area contributed by atoms with E-state index in [0.29, 0.717) is 11.0 Å². The van der Waals surface area contributed by atoms with Crippen molar-refractivity contribution in [2.24, 2.45) is 5.92 Å². The zero-order valence-corrected chi connectivity index (χ0v) is 19.9. The van der Waals surface area contributed by atoms with Crippen molar-refractivity contribution in [2.45, 2.75) is 25.0 Å². The van der Waals surface area contributed by atoms with Crippen molar-refractivity contribution in [3.8, 4) is 0 Å². The topological polar surface area (TPSA) is 55.4 Å². The Morgan fingerprint density at radius 1 is 0.917 bits per heavy atom. The van der Waals surface area contributed by atoms with Crippen LogP contribution in [0.3, 0.4) is 0 Å². The Kier molecular flexibility index (Phi) is 6.83. The second-order valence-electron chi connectivity index (χ2n) is 9.85. The van der Waals surface area contributed by atoms with Crippen molar-refractivity contribution < 1.29 is 27.6 Å². The van der Waals surface area contributed by atoms with Crippen LogP contribution in [0.15, 0.2) is 78.9 Å². The number of esters is 1. The highest BCUT2D eigenvalue weighted by Crippen LogP contribution is 2.37. The quantitative estimate of drug-likeness (QED) is 0.269. The number of carbonyl (C=O) groups excluding carboxylic acids is 2. The number of nitrogens with zero attached hydrogens (tertiary/aromatic N) is 1. The minimum atomic E-state index is -1.03. The maximum atomic E-state index is 13.7. The van der Waals surface area contributed by atoms with E-state index in [0.717, 1.165) is 49.3 Å². The number of ketones is 1. The van der Waals surface area contributed by atoms with E-state index in [1.165, 1.54) is 6.07 Å². The van der Waals surface area contributed by atoms with Crippen LogP contribution in [0, 0.1) is 17.6 Å². The second kappa shape index (κ2) is 10.2. The van der Waals surface area contributed by atoms with Gasteiger partial charge in [0.25, 0.3) is 0 Å². The smallest absolute Gasteiger partial charge is 0.333 e. The van der Waals surface area contributed by atoms with Crippen LogP contribution in [-0.4, -0.2) is 48.5 Å². The van der Waals surface area contributed by atoms with Crippen LogP contribution in [0.4, 0.5) is 14.5 Å². The Hall–Kier alpha value is -3.58. The number of hydrogen-bond donors (Lipinski definition) is 1. The van der Waals surface area contributed by atoms with Crippen LogP contribution in [0.25, 0.3) is 0 Å². The molecule has 6 rings (SSSR count). The first kappa shape index (κ1) is 24.1. The van der Waals surface area contributed by atoms with Gasteiger partial charge in [0.15, 0.2) is 23.8 Å². The normalized spacial score (nSPS) is 23.6. The molecule has 3 aliphatic rings. The maximum absolute atomic E-state index is 13.7. The summed E-state index contributed by atoms with van der Waals surface area (Å²) in [6, 6.07) is 21.6. The Balaban J connectivity index is 1.31. The molecule has 36 heavy (non-hydrogen) atoms. The fraction of sp³-hybridized carbons (Fsp3) is 0.310. The van der Waals surface area contributed by atoms with Crippen molar-refractivity contribution in [1.82, 2.24) is 0 Å². The lowest BCUT2D eigenvalue weighted by Gasteiger charge is -2.51. The summed E-state index contributed by atoms with van der Waals surface area (Å²) in [5, 5.41) is 3.30. The number of nitrogens with one attached hydrogen (secondary N) is 1. The van der Waals surface area contributed by atoms with Crippen molar-refractivity contribution in [1.29, 1.82) is 0 Å². The molecule has 1 N–H and O–H groups in total. The molecule has 3 heterocycles. The minimum absolute atomic E-state index is 0.166. The number of rotatable bonds is 8. The van der Waals surface area contributed by atoms with Crippen LogP contribution in [0.5, 0.6) is 0 Å². The van der Waals surface area contributed by atoms with Crippen molar-refractivity contribution >= 4 is 17.4 Å². The van der Waals surface area contributed by atoms with Crippen LogP contribution < -0.4 is 5.32 Å². The molecule has 0 aromatic heterocycles. The Morgan fingerprint density at radius 2 is 1.58 bits per heavy atom. The number of anilines is 1. The predicted octanol–water partition coefficient (Wildman–Crippen LogP) is 5.15. The van der Waals surface area contributed by atoms with Gasteiger partial charge in [-0.2, -0.15) is 0 Å². The number of para-hydroxylation sites is 1. The molecule has 7 heteroatoms. The van der Waals surface area contributed by atoms with Crippen LogP contribution in [-0.2, 0) is 9.53 Å². The molecule has 0 unspecified atom stereocenters. The van der Waals surface area contributed by atoms with Crippen molar-refractivity contribution in [2.75, 3.05) is 31.5 Å². The molecule has 0 saturated carbocycles. The Labute approximate surface area is 209 Å². The average molecular weight is 492 g/mol. The summed E-state index contributed by atoms with van der Waals surface area (Å²) in [6.45, 7) is 2.33. The average Bonchev–Trinajstić information content (AvgIpc) is 2.90. The molecule has 0 amide bonds. The zero-order valence-electron chi connectivity index (χ0n) is 19.9. The summed E-state index contributed by atoms with van der Waals surface area (Å²) in [5.41, 5.74) is 1.79. The van der Waals surface area contributed by atoms with E-state index in [1.54, 1.807) is 0 Å². The number of ether oxygens (including phenoxy) is 1. The Bertz CT molecular complexity index is 1230. The third-order valence-electron chi connectivity index (χ3n) is 7.48. The largest absolute Gasteiger partial charge is 0.454 e. The first-order valence-electron chi connectivity index (χ1n) is 12.3. The van der Waals surface area contributed by atoms with Gasteiger partial charge in [0.2, 0.25) is 5.78 Å². The molecule has 2 bridgehead atoms. The summed E-state index contributed by atoms with van der Waals surface area (Å²) >= 11 is 0. The van der Waals surface area contributed by atoms with Gasteiger partial charge in [0.1, 0.15) is 13.1 Å². The van der Waals surface area contributed by atoms with Gasteiger partial charge >= 0.3 is 5.97 Å². The van der Waals surface area contributed by atoms with E-state index in [9.17, 15) is 18.4 Å². The molecule has 186 valence electrons. The third kappa shape index (κ3) is 5.16. The highest BCUT2D eigenvalue weighted by Gasteiger charge is 2.49. The standard InChI is InChI=1S/C29H29F2N2O3/c30-24-12-11-22(17-25(24)31)26(34)18-33-15-13-20(14-16-33)27(19-33)36-29(35)28(21-7-3-1-4-8-21)32-23-9-5-2-6-10-23/h1-12,17,20,27-28,32H,13-16,18-19H2/q+1/t20?,27-,28+,33?/m0/s1. The predicted molar refractivity (Wildman–Crippen MR) is 132 cm³/mol. The molecule has 3 aromatic carbocycles. The van der Waals surface area contributed by atoms with Crippen molar-refractivity contribution in [3.63, 3.8) is 0 Å². The number of piperidine rings is 3. The molecule has 0 radical (unpaired) electrons. The third-order valence-corrected chi connectivity index (χ3v) is 7.48. The van der Waals surface area contributed by atoms with Gasteiger partial charge in [-0.3, -0.25) is 4.79 Å². The number of quaternary nitrogens is 1. The molecule has 3 fully saturated rings. The number of benzene rings is 3. The summed E-state index contributed by atoms with van der Waals surface area (Å²) in [6.07, 6.45) is 1.40. The minimum Gasteiger partial charge on any atom is -0.454 e. The van der Waals surface area contributed by atoms with Crippen LogP contribution in [0.2, 0.25) is 0 Å². The van der Waals surface area contributed by atoms with Gasteiger partial charge in [-0.15, -0.1) is 0 Å². The van der Waals surface area contributed by atoms with E-state index in [-0.39, 0.29) is 35.9 Å². The molecule has 3 aromatic rings. The van der Waals surface area contributed by atoms with Crippen LogP contribution in [0.1, 0.15) is 34.8 Å². The van der Waals surface area contributed by atoms with E-state index < -0.39 is 17.7 Å². The summed E-state index contributed by atoms with van der Waals surface area (Å²) < 4.78 is 33.6. The number of carbonyl (C=O) groups is 2. The number of halogens is 2. The lowest BCUT2D eigenvalue weighted by atomic mass is 9.82.